The fourth-order valence-corrected chi connectivity index (χ4v) is 4.63. The minimum atomic E-state index is -0.678. The summed E-state index contributed by atoms with van der Waals surface area (Å²) < 4.78 is 14.8. The number of hydrogen-bond donors (Lipinski definition) is 0. The van der Waals surface area contributed by atoms with Gasteiger partial charge in [-0.2, -0.15) is 8.97 Å². The summed E-state index contributed by atoms with van der Waals surface area (Å²) in [6.07, 6.45) is 0. The van der Waals surface area contributed by atoms with Crippen LogP contribution in [-0.2, 0) is 13.1 Å². The Hall–Kier alpha value is -2.04. The maximum absolute atomic E-state index is 6.63. The Morgan fingerprint density at radius 2 is 1.17 bits per heavy atom. The van der Waals surface area contributed by atoms with Gasteiger partial charge in [0.05, 0.1) is 14.1 Å². The third-order valence-corrected chi connectivity index (χ3v) is 5.92. The van der Waals surface area contributed by atoms with Crippen molar-refractivity contribution in [3.05, 3.63) is 59.7 Å². The lowest BCUT2D eigenvalue weighted by atomic mass is 10.1. The van der Waals surface area contributed by atoms with E-state index in [2.05, 4.69) is 50.5 Å². The number of benzene rings is 2. The molecular weight excluding hydrogens is 288 g/mol. The van der Waals surface area contributed by atoms with E-state index in [1.807, 2.05) is 12.1 Å². The zero-order valence-electron chi connectivity index (χ0n) is 13.7. The third-order valence-electron chi connectivity index (χ3n) is 5.92. The van der Waals surface area contributed by atoms with Crippen LogP contribution in [-0.4, -0.2) is 42.2 Å². The molecule has 5 rings (SSSR count). The number of nitrogens with zero attached hydrogens (tertiary/aromatic N) is 2. The number of hydrogen-bond acceptors (Lipinski definition) is 2. The zero-order chi connectivity index (χ0) is 15.7. The molecule has 4 nitrogen and oxygen atoms in total. The van der Waals surface area contributed by atoms with E-state index < -0.39 is 6.03 Å². The van der Waals surface area contributed by atoms with Gasteiger partial charge in [0.15, 0.2) is 0 Å². The molecule has 3 heterocycles. The van der Waals surface area contributed by atoms with Crippen LogP contribution in [0.25, 0.3) is 0 Å². The molecule has 1 fully saturated rings. The lowest BCUT2D eigenvalue weighted by molar-refractivity contribution is -1.17. The van der Waals surface area contributed by atoms with Crippen LogP contribution < -0.4 is 9.47 Å². The fraction of sp³-hybridized carbons (Fsp3) is 0.368. The first-order valence-electron chi connectivity index (χ1n) is 8.28. The Morgan fingerprint density at radius 3 is 1.65 bits per heavy atom. The summed E-state index contributed by atoms with van der Waals surface area (Å²) in [5.74, 6) is 1.93. The molecule has 23 heavy (non-hydrogen) atoms. The van der Waals surface area contributed by atoms with Crippen LogP contribution in [0.4, 0.5) is 0 Å². The van der Waals surface area contributed by atoms with Crippen molar-refractivity contribution in [2.75, 3.05) is 27.2 Å². The van der Waals surface area contributed by atoms with E-state index in [1.54, 1.807) is 0 Å². The average molecular weight is 310 g/mol. The van der Waals surface area contributed by atoms with Crippen LogP contribution in [0.2, 0.25) is 0 Å². The largest absolute Gasteiger partial charge is 0.563 e. The highest BCUT2D eigenvalue weighted by molar-refractivity contribution is 5.36. The number of rotatable bonds is 0. The van der Waals surface area contributed by atoms with Crippen LogP contribution in [0.3, 0.4) is 0 Å². The summed E-state index contributed by atoms with van der Waals surface area (Å²) in [5.41, 5.74) is 2.55. The molecule has 2 aromatic rings. The maximum atomic E-state index is 6.63. The quantitative estimate of drug-likeness (QED) is 0.697. The standard InChI is InChI=1S/C19H22N2O2/c1-20-11-12-21(2)14-16-8-4-6-10-18(16)23-19(20,21)22-17-9-5-3-7-15(17)13-20/h3-10H,11-14H2,1-2H3/q+2. The highest BCUT2D eigenvalue weighted by Gasteiger charge is 2.76. The van der Waals surface area contributed by atoms with E-state index in [0.29, 0.717) is 0 Å². The molecule has 0 bridgehead atoms. The van der Waals surface area contributed by atoms with Crippen LogP contribution in [0.1, 0.15) is 11.1 Å². The second-order valence-corrected chi connectivity index (χ2v) is 7.52. The Balaban J connectivity index is 1.71. The Bertz CT molecular complexity index is 738. The summed E-state index contributed by atoms with van der Waals surface area (Å²) in [7, 11) is 4.54. The summed E-state index contributed by atoms with van der Waals surface area (Å²) in [6.45, 7) is 4.01. The van der Waals surface area contributed by atoms with Crippen molar-refractivity contribution in [2.24, 2.45) is 0 Å². The lowest BCUT2D eigenvalue weighted by Crippen LogP contribution is -2.77. The van der Waals surface area contributed by atoms with Gasteiger partial charge >= 0.3 is 6.03 Å². The lowest BCUT2D eigenvalue weighted by Gasteiger charge is -2.51. The van der Waals surface area contributed by atoms with Gasteiger partial charge in [0.1, 0.15) is 37.7 Å². The minimum Gasteiger partial charge on any atom is -0.358 e. The fourth-order valence-electron chi connectivity index (χ4n) is 4.63. The van der Waals surface area contributed by atoms with Crippen molar-refractivity contribution < 1.29 is 18.4 Å². The number of ether oxygens (including phenoxy) is 2. The first-order chi connectivity index (χ1) is 11.1. The molecule has 2 unspecified atom stereocenters. The molecule has 3 aliphatic rings. The van der Waals surface area contributed by atoms with E-state index in [0.717, 1.165) is 46.6 Å². The molecule has 0 radical (unpaired) electrons. The third kappa shape index (κ3) is 1.53. The van der Waals surface area contributed by atoms with E-state index in [-0.39, 0.29) is 0 Å². The molecule has 0 amide bonds. The van der Waals surface area contributed by atoms with Gasteiger partial charge in [-0.05, 0) is 24.3 Å². The van der Waals surface area contributed by atoms with Crippen molar-refractivity contribution in [2.45, 2.75) is 19.1 Å². The zero-order valence-corrected chi connectivity index (χ0v) is 13.7. The van der Waals surface area contributed by atoms with Crippen molar-refractivity contribution in [3.8, 4) is 11.5 Å². The van der Waals surface area contributed by atoms with Crippen molar-refractivity contribution in [1.82, 2.24) is 0 Å². The van der Waals surface area contributed by atoms with Crippen LogP contribution >= 0.6 is 0 Å². The first-order valence-corrected chi connectivity index (χ1v) is 8.28. The van der Waals surface area contributed by atoms with Gasteiger partial charge in [-0.1, -0.05) is 24.3 Å². The normalized spacial score (nSPS) is 36.8. The summed E-state index contributed by atoms with van der Waals surface area (Å²) in [4.78, 5) is 0. The predicted molar refractivity (Wildman–Crippen MR) is 86.4 cm³/mol. The molecular formula is C19H22N2O2+2. The monoisotopic (exact) mass is 310 g/mol. The van der Waals surface area contributed by atoms with Crippen molar-refractivity contribution in [3.63, 3.8) is 0 Å². The Kier molecular flexibility index (Phi) is 2.37. The van der Waals surface area contributed by atoms with Gasteiger partial charge < -0.3 is 9.47 Å². The van der Waals surface area contributed by atoms with Gasteiger partial charge in [0.2, 0.25) is 0 Å². The molecule has 0 saturated carbocycles. The smallest absolute Gasteiger partial charge is 0.358 e. The summed E-state index contributed by atoms with van der Waals surface area (Å²) >= 11 is 0. The average Bonchev–Trinajstić information content (AvgIpc) is 2.77. The highest BCUT2D eigenvalue weighted by atomic mass is 16.8. The van der Waals surface area contributed by atoms with Gasteiger partial charge in [-0.15, -0.1) is 0 Å². The number of para-hydroxylation sites is 2. The van der Waals surface area contributed by atoms with Crippen molar-refractivity contribution >= 4 is 0 Å². The van der Waals surface area contributed by atoms with Crippen molar-refractivity contribution in [1.29, 1.82) is 0 Å². The van der Waals surface area contributed by atoms with Gasteiger partial charge in [0, 0.05) is 11.1 Å². The number of quaternary nitrogens is 2. The molecule has 0 N–H and O–H groups in total. The first kappa shape index (κ1) is 13.4. The molecule has 118 valence electrons. The molecule has 1 saturated heterocycles. The summed E-state index contributed by atoms with van der Waals surface area (Å²) in [6, 6.07) is 16.1. The van der Waals surface area contributed by atoms with Crippen LogP contribution in [0, 0.1) is 0 Å². The van der Waals surface area contributed by atoms with Crippen LogP contribution in [0.15, 0.2) is 48.5 Å². The molecule has 0 aliphatic carbocycles. The second kappa shape index (κ2) is 4.08. The molecule has 2 aromatic carbocycles. The van der Waals surface area contributed by atoms with E-state index in [4.69, 9.17) is 9.47 Å². The molecule has 3 aliphatic heterocycles. The SMILES string of the molecule is C[N+]12CC[N+]3(C)Cc4ccccc4OC13Oc1ccccc1C2. The molecule has 2 atom stereocenters. The molecule has 1 spiro atoms. The Morgan fingerprint density at radius 1 is 0.739 bits per heavy atom. The molecule has 4 heteroatoms. The Labute approximate surface area is 136 Å². The number of fused-ring (bicyclic) bond motifs is 2. The van der Waals surface area contributed by atoms with Gasteiger partial charge in [0.25, 0.3) is 0 Å². The van der Waals surface area contributed by atoms with E-state index in [1.165, 1.54) is 11.1 Å². The highest BCUT2D eigenvalue weighted by Crippen LogP contribution is 2.51. The minimum absolute atomic E-state index is 0.678. The topological polar surface area (TPSA) is 18.5 Å². The van der Waals surface area contributed by atoms with Gasteiger partial charge in [-0.25, -0.2) is 0 Å². The van der Waals surface area contributed by atoms with Gasteiger partial charge in [-0.3, -0.25) is 0 Å². The summed E-state index contributed by atoms with van der Waals surface area (Å²) in [5, 5.41) is 0. The number of likely N-dealkylation sites (N-methyl/N-ethyl adjacent to an activating group) is 2. The second-order valence-electron chi connectivity index (χ2n) is 7.52. The van der Waals surface area contributed by atoms with E-state index in [9.17, 15) is 0 Å². The van der Waals surface area contributed by atoms with E-state index >= 15 is 0 Å². The molecule has 0 aromatic heterocycles. The predicted octanol–water partition coefficient (Wildman–Crippen LogP) is 2.69. The maximum Gasteiger partial charge on any atom is 0.563 e. The van der Waals surface area contributed by atoms with Crippen LogP contribution in [0.5, 0.6) is 11.5 Å².